The Morgan fingerprint density at radius 3 is 2.37 bits per heavy atom. The number of hydrogen-bond donors (Lipinski definition) is 2. The lowest BCUT2D eigenvalue weighted by molar-refractivity contribution is -0.148. The smallest absolute Gasteiger partial charge is 0.230 e. The number of nitrogens with one attached hydrogen (secondary N) is 1. The molecular formula is C14H25N3O2. The number of nitrogens with zero attached hydrogens (tertiary/aromatic N) is 1. The van der Waals surface area contributed by atoms with Crippen LogP contribution in [0, 0.1) is 11.3 Å². The van der Waals surface area contributed by atoms with Gasteiger partial charge in [0, 0.05) is 33.1 Å². The van der Waals surface area contributed by atoms with E-state index in [1.807, 2.05) is 4.90 Å². The van der Waals surface area contributed by atoms with E-state index in [1.54, 1.807) is 6.92 Å². The maximum absolute atomic E-state index is 12.5. The average Bonchev–Trinajstić information content (AvgIpc) is 2.36. The van der Waals surface area contributed by atoms with Gasteiger partial charge in [0.1, 0.15) is 0 Å². The number of carbonyl (C=O) groups excluding carboxylic acids is 2. The first-order valence-electron chi connectivity index (χ1n) is 7.31. The van der Waals surface area contributed by atoms with Crippen LogP contribution in [-0.4, -0.2) is 42.9 Å². The molecule has 19 heavy (non-hydrogen) atoms. The summed E-state index contributed by atoms with van der Waals surface area (Å²) in [6.45, 7) is 4.38. The van der Waals surface area contributed by atoms with Gasteiger partial charge in [0.05, 0.1) is 5.41 Å². The Morgan fingerprint density at radius 2 is 1.95 bits per heavy atom. The van der Waals surface area contributed by atoms with Crippen molar-refractivity contribution in [2.24, 2.45) is 17.1 Å². The predicted octanol–water partition coefficient (Wildman–Crippen LogP) is 0.490. The predicted molar refractivity (Wildman–Crippen MR) is 73.3 cm³/mol. The average molecular weight is 267 g/mol. The van der Waals surface area contributed by atoms with Crippen molar-refractivity contribution in [2.75, 3.05) is 26.2 Å². The van der Waals surface area contributed by atoms with E-state index in [1.165, 1.54) is 0 Å². The molecule has 0 aromatic rings. The maximum Gasteiger partial charge on any atom is 0.230 e. The Kier molecular flexibility index (Phi) is 4.45. The third kappa shape index (κ3) is 3.08. The van der Waals surface area contributed by atoms with Crippen molar-refractivity contribution in [3.63, 3.8) is 0 Å². The van der Waals surface area contributed by atoms with Crippen LogP contribution < -0.4 is 11.1 Å². The molecule has 3 N–H and O–H groups in total. The second kappa shape index (κ2) is 5.90. The molecule has 108 valence electrons. The van der Waals surface area contributed by atoms with Crippen LogP contribution in [0.1, 0.15) is 39.0 Å². The zero-order chi connectivity index (χ0) is 13.9. The molecule has 2 aliphatic rings. The molecule has 1 aliphatic carbocycles. The highest BCUT2D eigenvalue weighted by Crippen LogP contribution is 2.42. The SMILES string of the molecule is CC(=O)NCC1CCN(C(=O)C2(CN)CCC2)CC1. The van der Waals surface area contributed by atoms with E-state index in [4.69, 9.17) is 5.73 Å². The highest BCUT2D eigenvalue weighted by molar-refractivity contribution is 5.84. The second-order valence-corrected chi connectivity index (χ2v) is 6.01. The Morgan fingerprint density at radius 1 is 1.32 bits per heavy atom. The molecule has 0 aromatic heterocycles. The lowest BCUT2D eigenvalue weighted by Gasteiger charge is -2.44. The molecule has 5 nitrogen and oxygen atoms in total. The largest absolute Gasteiger partial charge is 0.356 e. The Balaban J connectivity index is 1.79. The molecule has 0 aromatic carbocycles. The normalized spacial score (nSPS) is 22.7. The minimum Gasteiger partial charge on any atom is -0.356 e. The second-order valence-electron chi connectivity index (χ2n) is 6.01. The zero-order valence-electron chi connectivity index (χ0n) is 11.8. The Hall–Kier alpha value is -1.10. The van der Waals surface area contributed by atoms with E-state index < -0.39 is 0 Å². The van der Waals surface area contributed by atoms with Gasteiger partial charge in [-0.15, -0.1) is 0 Å². The van der Waals surface area contributed by atoms with Crippen LogP contribution in [0.5, 0.6) is 0 Å². The summed E-state index contributed by atoms with van der Waals surface area (Å²) in [7, 11) is 0. The quantitative estimate of drug-likeness (QED) is 0.778. The third-order valence-electron chi connectivity index (χ3n) is 4.70. The van der Waals surface area contributed by atoms with Crippen LogP contribution in [0.4, 0.5) is 0 Å². The summed E-state index contributed by atoms with van der Waals surface area (Å²) in [6, 6.07) is 0. The van der Waals surface area contributed by atoms with Gasteiger partial charge >= 0.3 is 0 Å². The Bertz CT molecular complexity index is 339. The fraction of sp³-hybridized carbons (Fsp3) is 0.857. The van der Waals surface area contributed by atoms with Crippen molar-refractivity contribution in [1.29, 1.82) is 0 Å². The number of nitrogens with two attached hydrogens (primary N) is 1. The van der Waals surface area contributed by atoms with Crippen LogP contribution in [0.15, 0.2) is 0 Å². The van der Waals surface area contributed by atoms with E-state index >= 15 is 0 Å². The number of carbonyl (C=O) groups is 2. The van der Waals surface area contributed by atoms with E-state index in [0.717, 1.165) is 51.7 Å². The summed E-state index contributed by atoms with van der Waals surface area (Å²) in [5.74, 6) is 0.789. The Labute approximate surface area is 114 Å². The van der Waals surface area contributed by atoms with Crippen molar-refractivity contribution in [3.8, 4) is 0 Å². The minimum atomic E-state index is -0.246. The van der Waals surface area contributed by atoms with Crippen LogP contribution in [-0.2, 0) is 9.59 Å². The molecule has 0 spiro atoms. The first-order chi connectivity index (χ1) is 9.07. The van der Waals surface area contributed by atoms with Gasteiger partial charge in [0.25, 0.3) is 0 Å². The van der Waals surface area contributed by atoms with Crippen molar-refractivity contribution in [1.82, 2.24) is 10.2 Å². The lowest BCUT2D eigenvalue weighted by Crippen LogP contribution is -2.54. The number of rotatable bonds is 4. The monoisotopic (exact) mass is 267 g/mol. The van der Waals surface area contributed by atoms with Crippen LogP contribution >= 0.6 is 0 Å². The minimum absolute atomic E-state index is 0.0232. The fourth-order valence-corrected chi connectivity index (χ4v) is 3.07. The molecule has 1 heterocycles. The molecule has 0 unspecified atom stereocenters. The number of hydrogen-bond acceptors (Lipinski definition) is 3. The van der Waals surface area contributed by atoms with Crippen LogP contribution in [0.2, 0.25) is 0 Å². The molecular weight excluding hydrogens is 242 g/mol. The summed E-state index contributed by atoms with van der Waals surface area (Å²) in [5.41, 5.74) is 5.54. The third-order valence-corrected chi connectivity index (χ3v) is 4.70. The van der Waals surface area contributed by atoms with E-state index in [0.29, 0.717) is 12.5 Å². The van der Waals surface area contributed by atoms with Crippen molar-refractivity contribution >= 4 is 11.8 Å². The van der Waals surface area contributed by atoms with E-state index in [2.05, 4.69) is 5.32 Å². The standard InChI is InChI=1S/C14H25N3O2/c1-11(18)16-9-12-3-7-17(8-4-12)13(19)14(10-15)5-2-6-14/h12H,2-10,15H2,1H3,(H,16,18). The summed E-state index contributed by atoms with van der Waals surface area (Å²) in [4.78, 5) is 25.4. The summed E-state index contributed by atoms with van der Waals surface area (Å²) < 4.78 is 0. The van der Waals surface area contributed by atoms with Gasteiger partial charge in [-0.05, 0) is 31.6 Å². The molecule has 1 saturated carbocycles. The van der Waals surface area contributed by atoms with E-state index in [-0.39, 0.29) is 17.2 Å². The molecule has 0 bridgehead atoms. The van der Waals surface area contributed by atoms with Crippen molar-refractivity contribution in [3.05, 3.63) is 0 Å². The topological polar surface area (TPSA) is 75.4 Å². The van der Waals surface area contributed by atoms with Gasteiger partial charge in [0.2, 0.25) is 11.8 Å². The van der Waals surface area contributed by atoms with Crippen molar-refractivity contribution < 1.29 is 9.59 Å². The highest BCUT2D eigenvalue weighted by Gasteiger charge is 2.45. The molecule has 2 rings (SSSR count). The van der Waals surface area contributed by atoms with Gasteiger partial charge in [-0.25, -0.2) is 0 Å². The van der Waals surface area contributed by atoms with Gasteiger partial charge in [-0.1, -0.05) is 6.42 Å². The molecule has 1 aliphatic heterocycles. The number of piperidine rings is 1. The molecule has 0 radical (unpaired) electrons. The number of likely N-dealkylation sites (tertiary alicyclic amines) is 1. The van der Waals surface area contributed by atoms with Gasteiger partial charge in [0.15, 0.2) is 0 Å². The molecule has 2 amide bonds. The van der Waals surface area contributed by atoms with Gasteiger partial charge < -0.3 is 16.0 Å². The van der Waals surface area contributed by atoms with E-state index in [9.17, 15) is 9.59 Å². The van der Waals surface area contributed by atoms with Crippen LogP contribution in [0.25, 0.3) is 0 Å². The molecule has 2 fully saturated rings. The van der Waals surface area contributed by atoms with Crippen LogP contribution in [0.3, 0.4) is 0 Å². The number of amides is 2. The highest BCUT2D eigenvalue weighted by atomic mass is 16.2. The first kappa shape index (κ1) is 14.3. The molecule has 0 atom stereocenters. The molecule has 5 heteroatoms. The fourth-order valence-electron chi connectivity index (χ4n) is 3.07. The summed E-state index contributed by atoms with van der Waals surface area (Å²) >= 11 is 0. The maximum atomic E-state index is 12.5. The summed E-state index contributed by atoms with van der Waals surface area (Å²) in [5, 5.41) is 2.86. The summed E-state index contributed by atoms with van der Waals surface area (Å²) in [6.07, 6.45) is 4.99. The first-order valence-corrected chi connectivity index (χ1v) is 7.31. The lowest BCUT2D eigenvalue weighted by atomic mass is 9.67. The van der Waals surface area contributed by atoms with Crippen molar-refractivity contribution in [2.45, 2.75) is 39.0 Å². The van der Waals surface area contributed by atoms with Gasteiger partial charge in [-0.2, -0.15) is 0 Å². The zero-order valence-corrected chi connectivity index (χ0v) is 11.8. The van der Waals surface area contributed by atoms with Gasteiger partial charge in [-0.3, -0.25) is 9.59 Å². The molecule has 1 saturated heterocycles.